The van der Waals surface area contributed by atoms with Gasteiger partial charge in [0.05, 0.1) is 12.2 Å². The van der Waals surface area contributed by atoms with E-state index in [2.05, 4.69) is 4.98 Å². The third-order valence-corrected chi connectivity index (χ3v) is 5.15. The molecule has 2 aromatic heterocycles. The highest BCUT2D eigenvalue weighted by Gasteiger charge is 2.32. The number of pyridine rings is 1. The van der Waals surface area contributed by atoms with E-state index in [1.54, 1.807) is 12.4 Å². The van der Waals surface area contributed by atoms with Crippen molar-refractivity contribution in [1.29, 1.82) is 0 Å². The number of carbonyl (C=O) groups is 1. The van der Waals surface area contributed by atoms with E-state index in [1.165, 1.54) is 6.42 Å². The highest BCUT2D eigenvalue weighted by molar-refractivity contribution is 5.80. The zero-order valence-corrected chi connectivity index (χ0v) is 14.8. The standard InChI is InChI=1S/C19H23N5O/c1-23(2)18-15-8-10-24(19(25)13-5-3-6-13)12-16(15)21-17(22-18)14-7-4-9-20-11-14/h4,7,9,11,13H,3,5-6,8,10,12H2,1-2H3. The van der Waals surface area contributed by atoms with Gasteiger partial charge in [0.15, 0.2) is 5.82 Å². The van der Waals surface area contributed by atoms with Gasteiger partial charge in [0.25, 0.3) is 0 Å². The summed E-state index contributed by atoms with van der Waals surface area (Å²) in [4.78, 5) is 30.4. The van der Waals surface area contributed by atoms with Crippen LogP contribution < -0.4 is 4.90 Å². The molecule has 3 heterocycles. The lowest BCUT2D eigenvalue weighted by atomic mass is 9.84. The van der Waals surface area contributed by atoms with Crippen molar-refractivity contribution in [3.8, 4) is 11.4 Å². The van der Waals surface area contributed by atoms with Gasteiger partial charge in [-0.3, -0.25) is 9.78 Å². The Hall–Kier alpha value is -2.50. The van der Waals surface area contributed by atoms with Gasteiger partial charge in [0.1, 0.15) is 5.82 Å². The Balaban J connectivity index is 1.70. The Bertz CT molecular complexity index is 786. The molecular formula is C19H23N5O. The van der Waals surface area contributed by atoms with Crippen molar-refractivity contribution in [2.45, 2.75) is 32.2 Å². The van der Waals surface area contributed by atoms with Crippen molar-refractivity contribution >= 4 is 11.7 Å². The summed E-state index contributed by atoms with van der Waals surface area (Å²) in [6.45, 7) is 1.35. The van der Waals surface area contributed by atoms with Gasteiger partial charge >= 0.3 is 0 Å². The Morgan fingerprint density at radius 2 is 2.12 bits per heavy atom. The lowest BCUT2D eigenvalue weighted by molar-refractivity contribution is -0.139. The molecule has 0 saturated heterocycles. The molecule has 1 saturated carbocycles. The third kappa shape index (κ3) is 2.97. The van der Waals surface area contributed by atoms with Gasteiger partial charge in [-0.25, -0.2) is 9.97 Å². The molecule has 130 valence electrons. The molecule has 1 amide bonds. The smallest absolute Gasteiger partial charge is 0.226 e. The molecule has 0 atom stereocenters. The average Bonchev–Trinajstić information content (AvgIpc) is 2.59. The second-order valence-electron chi connectivity index (χ2n) is 7.07. The van der Waals surface area contributed by atoms with Crippen LogP contribution in [-0.2, 0) is 17.8 Å². The summed E-state index contributed by atoms with van der Waals surface area (Å²) in [6, 6.07) is 3.86. The first-order valence-electron chi connectivity index (χ1n) is 8.90. The molecule has 1 fully saturated rings. The van der Waals surface area contributed by atoms with Crippen molar-refractivity contribution < 1.29 is 4.79 Å². The fourth-order valence-corrected chi connectivity index (χ4v) is 3.51. The molecule has 6 heteroatoms. The molecule has 1 aliphatic heterocycles. The number of anilines is 1. The molecule has 25 heavy (non-hydrogen) atoms. The predicted octanol–water partition coefficient (Wildman–Crippen LogP) is 2.29. The first kappa shape index (κ1) is 16.0. The summed E-state index contributed by atoms with van der Waals surface area (Å²) in [5.74, 6) is 2.15. The summed E-state index contributed by atoms with van der Waals surface area (Å²) < 4.78 is 0. The van der Waals surface area contributed by atoms with E-state index < -0.39 is 0 Å². The lowest BCUT2D eigenvalue weighted by Crippen LogP contribution is -2.42. The van der Waals surface area contributed by atoms with Gasteiger partial charge in [0, 0.05) is 50.1 Å². The summed E-state index contributed by atoms with van der Waals surface area (Å²) in [7, 11) is 4.00. The number of hydrogen-bond donors (Lipinski definition) is 0. The van der Waals surface area contributed by atoms with Gasteiger partial charge < -0.3 is 9.80 Å². The molecule has 2 aliphatic rings. The first-order chi connectivity index (χ1) is 12.1. The summed E-state index contributed by atoms with van der Waals surface area (Å²) >= 11 is 0. The first-order valence-corrected chi connectivity index (χ1v) is 8.90. The molecule has 0 radical (unpaired) electrons. The monoisotopic (exact) mass is 337 g/mol. The zero-order valence-electron chi connectivity index (χ0n) is 14.8. The number of hydrogen-bond acceptors (Lipinski definition) is 5. The number of nitrogens with zero attached hydrogens (tertiary/aromatic N) is 5. The van der Waals surface area contributed by atoms with E-state index in [1.807, 2.05) is 36.0 Å². The Labute approximate surface area is 147 Å². The molecule has 0 spiro atoms. The van der Waals surface area contributed by atoms with Crippen LogP contribution in [0.5, 0.6) is 0 Å². The van der Waals surface area contributed by atoms with Crippen LogP contribution in [0.25, 0.3) is 11.4 Å². The van der Waals surface area contributed by atoms with Crippen LogP contribution in [0, 0.1) is 5.92 Å². The Kier molecular flexibility index (Phi) is 4.11. The van der Waals surface area contributed by atoms with Crippen molar-refractivity contribution in [3.05, 3.63) is 35.8 Å². The highest BCUT2D eigenvalue weighted by atomic mass is 16.2. The minimum Gasteiger partial charge on any atom is -0.362 e. The highest BCUT2D eigenvalue weighted by Crippen LogP contribution is 2.32. The van der Waals surface area contributed by atoms with Crippen molar-refractivity contribution in [2.24, 2.45) is 5.92 Å². The van der Waals surface area contributed by atoms with Crippen molar-refractivity contribution in [1.82, 2.24) is 19.9 Å². The van der Waals surface area contributed by atoms with Crippen molar-refractivity contribution in [3.63, 3.8) is 0 Å². The minimum absolute atomic E-state index is 0.231. The lowest BCUT2D eigenvalue weighted by Gasteiger charge is -2.35. The van der Waals surface area contributed by atoms with E-state index in [0.29, 0.717) is 18.3 Å². The van der Waals surface area contributed by atoms with Crippen LogP contribution in [0.15, 0.2) is 24.5 Å². The molecule has 0 unspecified atom stereocenters. The van der Waals surface area contributed by atoms with E-state index >= 15 is 0 Å². The van der Waals surface area contributed by atoms with Gasteiger partial charge in [-0.2, -0.15) is 0 Å². The van der Waals surface area contributed by atoms with Gasteiger partial charge in [-0.15, -0.1) is 0 Å². The average molecular weight is 337 g/mol. The maximum Gasteiger partial charge on any atom is 0.226 e. The number of fused-ring (bicyclic) bond motifs is 1. The molecule has 0 bridgehead atoms. The van der Waals surface area contributed by atoms with Crippen LogP contribution in [-0.4, -0.2) is 46.4 Å². The van der Waals surface area contributed by atoms with Crippen molar-refractivity contribution in [2.75, 3.05) is 25.5 Å². The molecule has 0 N–H and O–H groups in total. The van der Waals surface area contributed by atoms with E-state index in [-0.39, 0.29) is 5.92 Å². The minimum atomic E-state index is 0.231. The van der Waals surface area contributed by atoms with Crippen LogP contribution in [0.3, 0.4) is 0 Å². The van der Waals surface area contributed by atoms with Gasteiger partial charge in [-0.1, -0.05) is 6.42 Å². The second kappa shape index (κ2) is 6.43. The summed E-state index contributed by atoms with van der Waals surface area (Å²) in [6.07, 6.45) is 7.59. The van der Waals surface area contributed by atoms with Crippen LogP contribution in [0.2, 0.25) is 0 Å². The Morgan fingerprint density at radius 3 is 2.76 bits per heavy atom. The maximum atomic E-state index is 12.6. The fraction of sp³-hybridized carbons (Fsp3) is 0.474. The molecule has 1 aliphatic carbocycles. The van der Waals surface area contributed by atoms with Gasteiger partial charge in [-0.05, 0) is 31.4 Å². The molecule has 0 aromatic carbocycles. The Morgan fingerprint density at radius 1 is 1.28 bits per heavy atom. The third-order valence-electron chi connectivity index (χ3n) is 5.15. The molecule has 6 nitrogen and oxygen atoms in total. The van der Waals surface area contributed by atoms with Crippen LogP contribution >= 0.6 is 0 Å². The molecular weight excluding hydrogens is 314 g/mol. The molecule has 4 rings (SSSR count). The largest absolute Gasteiger partial charge is 0.362 e. The summed E-state index contributed by atoms with van der Waals surface area (Å²) in [5, 5.41) is 0. The maximum absolute atomic E-state index is 12.6. The quantitative estimate of drug-likeness (QED) is 0.860. The normalized spacial score (nSPS) is 17.0. The SMILES string of the molecule is CN(C)c1nc(-c2cccnc2)nc2c1CCN(C(=O)C1CCC1)C2. The number of aromatic nitrogens is 3. The zero-order chi connectivity index (χ0) is 17.4. The summed E-state index contributed by atoms with van der Waals surface area (Å²) in [5.41, 5.74) is 3.03. The fourth-order valence-electron chi connectivity index (χ4n) is 3.51. The van der Waals surface area contributed by atoms with E-state index in [9.17, 15) is 4.79 Å². The predicted molar refractivity (Wildman–Crippen MR) is 96.1 cm³/mol. The topological polar surface area (TPSA) is 62.2 Å². The number of carbonyl (C=O) groups excluding carboxylic acids is 1. The van der Waals surface area contributed by atoms with Crippen LogP contribution in [0.4, 0.5) is 5.82 Å². The number of rotatable bonds is 3. The molecule has 2 aromatic rings. The van der Waals surface area contributed by atoms with Crippen LogP contribution in [0.1, 0.15) is 30.5 Å². The van der Waals surface area contributed by atoms with Gasteiger partial charge in [0.2, 0.25) is 5.91 Å². The van der Waals surface area contributed by atoms with E-state index in [4.69, 9.17) is 9.97 Å². The number of amides is 1. The second-order valence-corrected chi connectivity index (χ2v) is 7.07. The van der Waals surface area contributed by atoms with E-state index in [0.717, 1.165) is 48.4 Å².